The molecule has 0 fully saturated rings. The summed E-state index contributed by atoms with van der Waals surface area (Å²) in [6.45, 7) is 1.61. The van der Waals surface area contributed by atoms with Crippen LogP contribution in [0.3, 0.4) is 0 Å². The number of phenolic OH excluding ortho intramolecular Hbond substituents is 2. The Kier molecular flexibility index (Phi) is 4.85. The third-order valence-electron chi connectivity index (χ3n) is 6.25. The first-order valence-corrected chi connectivity index (χ1v) is 10.6. The lowest BCUT2D eigenvalue weighted by molar-refractivity contribution is 0.0527. The molecule has 180 valence electrons. The van der Waals surface area contributed by atoms with E-state index in [4.69, 9.17) is 4.74 Å². The van der Waals surface area contributed by atoms with Crippen LogP contribution in [0.15, 0.2) is 36.4 Å². The first-order chi connectivity index (χ1) is 17.1. The second-order valence-electron chi connectivity index (χ2n) is 8.09. The molecule has 0 saturated heterocycles. The van der Waals surface area contributed by atoms with Crippen LogP contribution in [0, 0.1) is 0 Å². The van der Waals surface area contributed by atoms with Crippen LogP contribution in [0.25, 0.3) is 43.1 Å². The summed E-state index contributed by atoms with van der Waals surface area (Å²) < 4.78 is 5.09. The monoisotopic (exact) mass is 488 g/mol. The molecule has 5 aromatic rings. The lowest BCUT2D eigenvalue weighted by atomic mass is 9.83. The summed E-state index contributed by atoms with van der Waals surface area (Å²) in [5, 5.41) is 51.7. The summed E-state index contributed by atoms with van der Waals surface area (Å²) >= 11 is 0. The Morgan fingerprint density at radius 3 is 1.44 bits per heavy atom. The fourth-order valence-corrected chi connectivity index (χ4v) is 4.96. The van der Waals surface area contributed by atoms with Crippen LogP contribution in [-0.2, 0) is 4.74 Å². The molecule has 5 aromatic carbocycles. The van der Waals surface area contributed by atoms with Gasteiger partial charge < -0.3 is 30.3 Å². The normalized spacial score (nSPS) is 11.5. The molecule has 36 heavy (non-hydrogen) atoms. The Morgan fingerprint density at radius 1 is 0.611 bits per heavy atom. The van der Waals surface area contributed by atoms with Crippen molar-refractivity contribution in [2.75, 3.05) is 6.61 Å². The highest BCUT2D eigenvalue weighted by Gasteiger charge is 2.29. The number of aromatic carboxylic acids is 3. The van der Waals surface area contributed by atoms with Gasteiger partial charge in [0, 0.05) is 32.3 Å². The van der Waals surface area contributed by atoms with Crippen molar-refractivity contribution in [3.05, 3.63) is 58.7 Å². The maximum atomic E-state index is 12.7. The number of aromatic hydroxyl groups is 2. The van der Waals surface area contributed by atoms with E-state index in [-0.39, 0.29) is 66.4 Å². The van der Waals surface area contributed by atoms with Gasteiger partial charge in [-0.15, -0.1) is 0 Å². The van der Waals surface area contributed by atoms with Crippen molar-refractivity contribution in [3.8, 4) is 11.5 Å². The maximum absolute atomic E-state index is 12.7. The first kappa shape index (κ1) is 22.7. The molecule has 0 radical (unpaired) electrons. The summed E-state index contributed by atoms with van der Waals surface area (Å²) in [7, 11) is 0. The highest BCUT2D eigenvalue weighted by molar-refractivity contribution is 6.40. The van der Waals surface area contributed by atoms with Crippen LogP contribution in [0.2, 0.25) is 0 Å². The molecule has 0 saturated carbocycles. The minimum atomic E-state index is -1.48. The third kappa shape index (κ3) is 2.91. The Morgan fingerprint density at radius 2 is 1.03 bits per heavy atom. The van der Waals surface area contributed by atoms with Gasteiger partial charge in [-0.1, -0.05) is 12.1 Å². The fraction of sp³-hybridized carbons (Fsp3) is 0.0769. The Bertz CT molecular complexity index is 1820. The highest BCUT2D eigenvalue weighted by Crippen LogP contribution is 2.49. The van der Waals surface area contributed by atoms with Gasteiger partial charge in [0.2, 0.25) is 0 Å². The average molecular weight is 488 g/mol. The summed E-state index contributed by atoms with van der Waals surface area (Å²) in [6.07, 6.45) is 0. The van der Waals surface area contributed by atoms with Gasteiger partial charge in [-0.25, -0.2) is 19.2 Å². The molecule has 0 aromatic heterocycles. The molecule has 10 heteroatoms. The molecule has 0 aliphatic heterocycles. The van der Waals surface area contributed by atoms with Crippen LogP contribution < -0.4 is 0 Å². The van der Waals surface area contributed by atoms with Crippen LogP contribution in [0.4, 0.5) is 0 Å². The summed E-state index contributed by atoms with van der Waals surface area (Å²) in [6, 6.07) is 7.13. The molecule has 0 amide bonds. The zero-order valence-electron chi connectivity index (χ0n) is 18.4. The van der Waals surface area contributed by atoms with Crippen molar-refractivity contribution in [2.45, 2.75) is 6.92 Å². The lowest BCUT2D eigenvalue weighted by Crippen LogP contribution is -2.09. The van der Waals surface area contributed by atoms with Crippen LogP contribution in [0.1, 0.15) is 48.4 Å². The van der Waals surface area contributed by atoms with Gasteiger partial charge in [0.05, 0.1) is 28.9 Å². The SMILES string of the molecule is CCOC(=O)c1ccc2c3c(O)cc(C(=O)O)c4c(C(=O)O)ccc(c5c(O)cc(C(=O)O)c1c25)c43. The number of hydrogen-bond acceptors (Lipinski definition) is 7. The van der Waals surface area contributed by atoms with E-state index in [9.17, 15) is 44.7 Å². The van der Waals surface area contributed by atoms with Crippen LogP contribution in [-0.4, -0.2) is 56.0 Å². The predicted octanol–water partition coefficient (Wildman–Crippen LogP) is 4.42. The van der Waals surface area contributed by atoms with E-state index in [1.54, 1.807) is 6.92 Å². The molecule has 0 aliphatic rings. The maximum Gasteiger partial charge on any atom is 0.338 e. The minimum absolute atomic E-state index is 0.0221. The number of carbonyl (C=O) groups excluding carboxylic acids is 1. The van der Waals surface area contributed by atoms with E-state index in [2.05, 4.69) is 0 Å². The van der Waals surface area contributed by atoms with E-state index in [1.807, 2.05) is 0 Å². The number of hydrogen-bond donors (Lipinski definition) is 5. The van der Waals surface area contributed by atoms with Gasteiger partial charge in [-0.05, 0) is 42.0 Å². The number of carboxylic acids is 3. The molecule has 10 nitrogen and oxygen atoms in total. The van der Waals surface area contributed by atoms with E-state index in [0.717, 1.165) is 12.1 Å². The standard InChI is InChI=1S/C26H16O10/c1-2-36-26(35)12-6-4-10-19-15(27)7-13(24(31)32)17-11(23(29)30)5-3-9(21(17)19)20-16(28)8-14(25(33)34)18(12)22(10)20/h3-8,27-28H,2H2,1H3,(H,29,30)(H,31,32)(H,33,34). The van der Waals surface area contributed by atoms with Crippen molar-refractivity contribution >= 4 is 67.0 Å². The predicted molar refractivity (Wildman–Crippen MR) is 128 cm³/mol. The Labute approximate surface area is 200 Å². The highest BCUT2D eigenvalue weighted by atomic mass is 16.5. The number of esters is 1. The van der Waals surface area contributed by atoms with Crippen molar-refractivity contribution < 1.29 is 49.4 Å². The molecule has 0 bridgehead atoms. The number of carboxylic acid groups (broad SMARTS) is 3. The average Bonchev–Trinajstić information content (AvgIpc) is 2.82. The second kappa shape index (κ2) is 7.70. The van der Waals surface area contributed by atoms with Crippen molar-refractivity contribution in [3.63, 3.8) is 0 Å². The smallest absolute Gasteiger partial charge is 0.338 e. The van der Waals surface area contributed by atoms with Crippen molar-refractivity contribution in [2.24, 2.45) is 0 Å². The fourth-order valence-electron chi connectivity index (χ4n) is 4.96. The molecule has 0 atom stereocenters. The van der Waals surface area contributed by atoms with Gasteiger partial charge in [0.1, 0.15) is 11.5 Å². The molecule has 5 N–H and O–H groups in total. The van der Waals surface area contributed by atoms with E-state index in [0.29, 0.717) is 0 Å². The van der Waals surface area contributed by atoms with Crippen LogP contribution in [0.5, 0.6) is 11.5 Å². The van der Waals surface area contributed by atoms with Gasteiger partial charge in [-0.2, -0.15) is 0 Å². The zero-order chi connectivity index (χ0) is 26.0. The van der Waals surface area contributed by atoms with Crippen LogP contribution >= 0.6 is 0 Å². The lowest BCUT2D eigenvalue weighted by Gasteiger charge is -2.20. The number of rotatable bonds is 5. The van der Waals surface area contributed by atoms with E-state index < -0.39 is 40.9 Å². The largest absolute Gasteiger partial charge is 0.507 e. The topological polar surface area (TPSA) is 179 Å². The third-order valence-corrected chi connectivity index (χ3v) is 6.25. The molecule has 0 aliphatic carbocycles. The summed E-state index contributed by atoms with van der Waals surface area (Å²) in [5.41, 5.74) is -1.27. The first-order valence-electron chi connectivity index (χ1n) is 10.6. The quantitative estimate of drug-likeness (QED) is 0.135. The zero-order valence-corrected chi connectivity index (χ0v) is 18.4. The molecule has 5 rings (SSSR count). The summed E-state index contributed by atoms with van der Waals surface area (Å²) in [5.74, 6) is -6.10. The van der Waals surface area contributed by atoms with Gasteiger partial charge in [-0.3, -0.25) is 0 Å². The van der Waals surface area contributed by atoms with Crippen molar-refractivity contribution in [1.82, 2.24) is 0 Å². The van der Waals surface area contributed by atoms with Gasteiger partial charge in [0.25, 0.3) is 0 Å². The molecular formula is C26H16O10. The molecule has 0 heterocycles. The number of carbonyl (C=O) groups is 4. The number of phenols is 2. The summed E-state index contributed by atoms with van der Waals surface area (Å²) in [4.78, 5) is 48.9. The van der Waals surface area contributed by atoms with Gasteiger partial charge >= 0.3 is 23.9 Å². The molecular weight excluding hydrogens is 472 g/mol. The molecule has 0 unspecified atom stereocenters. The number of fused-ring (bicyclic) bond motifs is 2. The van der Waals surface area contributed by atoms with Crippen molar-refractivity contribution in [1.29, 1.82) is 0 Å². The second-order valence-corrected chi connectivity index (χ2v) is 8.09. The Hall–Kier alpha value is -5.12. The van der Waals surface area contributed by atoms with E-state index in [1.165, 1.54) is 24.3 Å². The number of benzene rings is 5. The molecule has 0 spiro atoms. The number of ether oxygens (including phenoxy) is 1. The van der Waals surface area contributed by atoms with Gasteiger partial charge in [0.15, 0.2) is 0 Å². The van der Waals surface area contributed by atoms with E-state index >= 15 is 0 Å². The minimum Gasteiger partial charge on any atom is -0.507 e. The Balaban J connectivity index is 2.18.